The lowest BCUT2D eigenvalue weighted by atomic mass is 10.0. The Bertz CT molecular complexity index is 412. The summed E-state index contributed by atoms with van der Waals surface area (Å²) in [5, 5.41) is 12.9. The van der Waals surface area contributed by atoms with E-state index in [1.165, 1.54) is 0 Å². The molecule has 17 heavy (non-hydrogen) atoms. The highest BCUT2D eigenvalue weighted by molar-refractivity contribution is 5.95. The van der Waals surface area contributed by atoms with Gasteiger partial charge in [-0.2, -0.15) is 0 Å². The molecule has 2 N–H and O–H groups in total. The molecule has 0 aromatic carbocycles. The lowest BCUT2D eigenvalue weighted by Crippen LogP contribution is -2.41. The van der Waals surface area contributed by atoms with Gasteiger partial charge in [0.1, 0.15) is 0 Å². The SMILES string of the molecule is Cc1ncccc1C(=O)NCC1(O)CCCC1. The van der Waals surface area contributed by atoms with Crippen LogP contribution < -0.4 is 5.32 Å². The second kappa shape index (κ2) is 4.84. The average molecular weight is 234 g/mol. The van der Waals surface area contributed by atoms with Gasteiger partial charge in [0.15, 0.2) is 0 Å². The maximum atomic E-state index is 11.9. The molecule has 0 radical (unpaired) electrons. The Labute approximate surface area is 101 Å². The van der Waals surface area contributed by atoms with Crippen LogP contribution in [-0.2, 0) is 0 Å². The first-order chi connectivity index (χ1) is 8.11. The normalized spacial score (nSPS) is 18.0. The largest absolute Gasteiger partial charge is 0.388 e. The topological polar surface area (TPSA) is 62.2 Å². The number of carbonyl (C=O) groups excluding carboxylic acids is 1. The second-order valence-electron chi connectivity index (χ2n) is 4.75. The first kappa shape index (κ1) is 12.0. The lowest BCUT2D eigenvalue weighted by Gasteiger charge is -2.22. The number of amides is 1. The summed E-state index contributed by atoms with van der Waals surface area (Å²) in [6, 6.07) is 3.49. The van der Waals surface area contributed by atoms with Gasteiger partial charge in [-0.15, -0.1) is 0 Å². The highest BCUT2D eigenvalue weighted by atomic mass is 16.3. The standard InChI is InChI=1S/C13H18N2O2/c1-10-11(5-4-8-14-10)12(16)15-9-13(17)6-2-3-7-13/h4-5,8,17H,2-3,6-7,9H2,1H3,(H,15,16). The number of hydrogen-bond donors (Lipinski definition) is 2. The van der Waals surface area contributed by atoms with Crippen LogP contribution in [0.25, 0.3) is 0 Å². The van der Waals surface area contributed by atoms with Crippen LogP contribution in [0.1, 0.15) is 41.7 Å². The third kappa shape index (κ3) is 2.82. The average Bonchev–Trinajstić information content (AvgIpc) is 2.74. The molecule has 1 heterocycles. The molecule has 92 valence electrons. The van der Waals surface area contributed by atoms with Crippen LogP contribution >= 0.6 is 0 Å². The summed E-state index contributed by atoms with van der Waals surface area (Å²) < 4.78 is 0. The highest BCUT2D eigenvalue weighted by Crippen LogP contribution is 2.28. The molecule has 0 atom stereocenters. The van der Waals surface area contributed by atoms with Gasteiger partial charge in [-0.05, 0) is 31.9 Å². The monoisotopic (exact) mass is 234 g/mol. The second-order valence-corrected chi connectivity index (χ2v) is 4.75. The molecule has 0 saturated heterocycles. The van der Waals surface area contributed by atoms with Gasteiger partial charge >= 0.3 is 0 Å². The molecule has 1 amide bonds. The van der Waals surface area contributed by atoms with Gasteiger partial charge in [0.25, 0.3) is 5.91 Å². The van der Waals surface area contributed by atoms with Gasteiger partial charge in [-0.25, -0.2) is 0 Å². The van der Waals surface area contributed by atoms with Gasteiger partial charge in [0.2, 0.25) is 0 Å². The van der Waals surface area contributed by atoms with Gasteiger partial charge < -0.3 is 10.4 Å². The number of pyridine rings is 1. The van der Waals surface area contributed by atoms with Gasteiger partial charge in [0.05, 0.1) is 11.2 Å². The molecular formula is C13H18N2O2. The molecule has 0 unspecified atom stereocenters. The van der Waals surface area contributed by atoms with E-state index < -0.39 is 5.60 Å². The predicted octanol–water partition coefficient (Wildman–Crippen LogP) is 1.42. The van der Waals surface area contributed by atoms with Gasteiger partial charge in [0, 0.05) is 18.4 Å². The van der Waals surface area contributed by atoms with Crippen molar-refractivity contribution in [3.8, 4) is 0 Å². The van der Waals surface area contributed by atoms with E-state index in [9.17, 15) is 9.90 Å². The first-order valence-corrected chi connectivity index (χ1v) is 6.03. The molecular weight excluding hydrogens is 216 g/mol. The highest BCUT2D eigenvalue weighted by Gasteiger charge is 2.31. The van der Waals surface area contributed by atoms with E-state index in [2.05, 4.69) is 10.3 Å². The lowest BCUT2D eigenvalue weighted by molar-refractivity contribution is 0.0449. The Kier molecular flexibility index (Phi) is 3.43. The maximum absolute atomic E-state index is 11.9. The van der Waals surface area contributed by atoms with Crippen molar-refractivity contribution in [3.63, 3.8) is 0 Å². The van der Waals surface area contributed by atoms with E-state index in [4.69, 9.17) is 0 Å². The Hall–Kier alpha value is -1.42. The summed E-state index contributed by atoms with van der Waals surface area (Å²) >= 11 is 0. The molecule has 0 aliphatic heterocycles. The Morgan fingerprint density at radius 1 is 1.53 bits per heavy atom. The van der Waals surface area contributed by atoms with E-state index in [-0.39, 0.29) is 5.91 Å². The molecule has 1 fully saturated rings. The Morgan fingerprint density at radius 3 is 2.88 bits per heavy atom. The fourth-order valence-corrected chi connectivity index (χ4v) is 2.27. The zero-order valence-electron chi connectivity index (χ0n) is 10.1. The zero-order valence-corrected chi connectivity index (χ0v) is 10.1. The van der Waals surface area contributed by atoms with Crippen LogP contribution in [0.15, 0.2) is 18.3 Å². The van der Waals surface area contributed by atoms with Crippen molar-refractivity contribution in [2.24, 2.45) is 0 Å². The predicted molar refractivity (Wildman–Crippen MR) is 64.7 cm³/mol. The van der Waals surface area contributed by atoms with E-state index in [1.807, 2.05) is 0 Å². The molecule has 0 bridgehead atoms. The molecule has 0 spiro atoms. The number of carbonyl (C=O) groups is 1. The van der Waals surface area contributed by atoms with Crippen LogP contribution in [0.5, 0.6) is 0 Å². The third-order valence-corrected chi connectivity index (χ3v) is 3.36. The van der Waals surface area contributed by atoms with Crippen molar-refractivity contribution >= 4 is 5.91 Å². The van der Waals surface area contributed by atoms with Crippen LogP contribution in [0.2, 0.25) is 0 Å². The number of aromatic nitrogens is 1. The Morgan fingerprint density at radius 2 is 2.24 bits per heavy atom. The van der Waals surface area contributed by atoms with E-state index in [0.717, 1.165) is 25.7 Å². The van der Waals surface area contributed by atoms with Gasteiger partial charge in [-0.3, -0.25) is 9.78 Å². The number of nitrogens with one attached hydrogen (secondary N) is 1. The van der Waals surface area contributed by atoms with Crippen LogP contribution in [0.4, 0.5) is 0 Å². The summed E-state index contributed by atoms with van der Waals surface area (Å²) in [6.45, 7) is 2.14. The molecule has 4 heteroatoms. The molecule has 1 aliphatic rings. The zero-order chi connectivity index (χ0) is 12.3. The number of aryl methyl sites for hydroxylation is 1. The quantitative estimate of drug-likeness (QED) is 0.831. The molecule has 1 saturated carbocycles. The molecule has 4 nitrogen and oxygen atoms in total. The van der Waals surface area contributed by atoms with Crippen molar-refractivity contribution in [1.82, 2.24) is 10.3 Å². The molecule has 1 aliphatic carbocycles. The van der Waals surface area contributed by atoms with Crippen LogP contribution in [-0.4, -0.2) is 28.1 Å². The molecule has 1 aromatic heterocycles. The van der Waals surface area contributed by atoms with Crippen LogP contribution in [0.3, 0.4) is 0 Å². The summed E-state index contributed by atoms with van der Waals surface area (Å²) in [7, 11) is 0. The first-order valence-electron chi connectivity index (χ1n) is 6.03. The summed E-state index contributed by atoms with van der Waals surface area (Å²) in [6.07, 6.45) is 5.30. The summed E-state index contributed by atoms with van der Waals surface area (Å²) in [4.78, 5) is 16.0. The molecule has 2 rings (SSSR count). The van der Waals surface area contributed by atoms with Crippen molar-refractivity contribution in [1.29, 1.82) is 0 Å². The van der Waals surface area contributed by atoms with Gasteiger partial charge in [-0.1, -0.05) is 12.8 Å². The minimum atomic E-state index is -0.703. The van der Waals surface area contributed by atoms with E-state index in [0.29, 0.717) is 17.8 Å². The van der Waals surface area contributed by atoms with Crippen molar-refractivity contribution < 1.29 is 9.90 Å². The summed E-state index contributed by atoms with van der Waals surface area (Å²) in [5.41, 5.74) is 0.587. The third-order valence-electron chi connectivity index (χ3n) is 3.36. The Balaban J connectivity index is 1.96. The molecule has 1 aromatic rings. The fraction of sp³-hybridized carbons (Fsp3) is 0.538. The number of hydrogen-bond acceptors (Lipinski definition) is 3. The minimum absolute atomic E-state index is 0.157. The summed E-state index contributed by atoms with van der Waals surface area (Å²) in [5.74, 6) is -0.157. The smallest absolute Gasteiger partial charge is 0.253 e. The van der Waals surface area contributed by atoms with E-state index >= 15 is 0 Å². The van der Waals surface area contributed by atoms with E-state index in [1.54, 1.807) is 25.3 Å². The van der Waals surface area contributed by atoms with Crippen molar-refractivity contribution in [2.75, 3.05) is 6.54 Å². The maximum Gasteiger partial charge on any atom is 0.253 e. The van der Waals surface area contributed by atoms with Crippen LogP contribution in [0, 0.1) is 6.92 Å². The number of nitrogens with zero attached hydrogens (tertiary/aromatic N) is 1. The number of rotatable bonds is 3. The number of aliphatic hydroxyl groups is 1. The van der Waals surface area contributed by atoms with Crippen molar-refractivity contribution in [2.45, 2.75) is 38.2 Å². The van der Waals surface area contributed by atoms with Crippen molar-refractivity contribution in [3.05, 3.63) is 29.6 Å². The fourth-order valence-electron chi connectivity index (χ4n) is 2.27. The minimum Gasteiger partial charge on any atom is -0.388 e.